The van der Waals surface area contributed by atoms with Gasteiger partial charge in [-0.1, -0.05) is 36.4 Å². The predicted octanol–water partition coefficient (Wildman–Crippen LogP) is 3.57. The van der Waals surface area contributed by atoms with Crippen LogP contribution in [0.1, 0.15) is 39.7 Å². The molecule has 27 heavy (non-hydrogen) atoms. The monoisotopic (exact) mass is 505 g/mol. The second-order valence-corrected chi connectivity index (χ2v) is 10.3. The van der Waals surface area contributed by atoms with E-state index in [1.807, 2.05) is 13.0 Å². The maximum atomic E-state index is 12.3. The summed E-state index contributed by atoms with van der Waals surface area (Å²) in [5.41, 5.74) is 2.62. The summed E-state index contributed by atoms with van der Waals surface area (Å²) in [5, 5.41) is 3.28. The van der Waals surface area contributed by atoms with Gasteiger partial charge in [0.15, 0.2) is 15.8 Å². The Morgan fingerprint density at radius 2 is 1.89 bits per heavy atom. The normalized spacial score (nSPS) is 15.8. The Labute approximate surface area is 181 Å². The molecule has 0 saturated heterocycles. The summed E-state index contributed by atoms with van der Waals surface area (Å²) in [4.78, 5) is 6.74. The number of nitrogens with zero attached hydrogens (tertiary/aromatic N) is 2. The maximum absolute atomic E-state index is 12.3. The smallest absolute Gasteiger partial charge is 0.194 e. The van der Waals surface area contributed by atoms with Crippen molar-refractivity contribution in [3.63, 3.8) is 0 Å². The van der Waals surface area contributed by atoms with Gasteiger partial charge in [0.05, 0.1) is 17.0 Å². The van der Waals surface area contributed by atoms with Crippen molar-refractivity contribution >= 4 is 45.3 Å². The second-order valence-electron chi connectivity index (χ2n) is 7.46. The molecule has 0 bridgehead atoms. The van der Waals surface area contributed by atoms with Crippen molar-refractivity contribution in [2.75, 3.05) is 31.9 Å². The van der Waals surface area contributed by atoms with Crippen LogP contribution in [0.2, 0.25) is 0 Å². The SMILES string of the molecule is CCNC(=NCCS(=O)(=O)C(C)(C)C)N1CC=C(c2ccccc2)CC1.I. The first-order valence-electron chi connectivity index (χ1n) is 9.24. The van der Waals surface area contributed by atoms with Crippen molar-refractivity contribution in [1.29, 1.82) is 0 Å². The molecular formula is C20H32IN3O2S. The van der Waals surface area contributed by atoms with Crippen LogP contribution in [0, 0.1) is 0 Å². The molecule has 0 radical (unpaired) electrons. The standard InChI is InChI=1S/C20H31N3O2S.HI/c1-5-21-19(22-13-16-26(24,25)20(2,3)4)23-14-11-18(12-15-23)17-9-7-6-8-10-17;/h6-11H,5,12-16H2,1-4H3,(H,21,22);1H. The van der Waals surface area contributed by atoms with Gasteiger partial charge < -0.3 is 10.2 Å². The van der Waals surface area contributed by atoms with Crippen LogP contribution >= 0.6 is 24.0 Å². The number of sulfone groups is 1. The predicted molar refractivity (Wildman–Crippen MR) is 126 cm³/mol. The number of nitrogens with one attached hydrogen (secondary N) is 1. The van der Waals surface area contributed by atoms with E-state index in [9.17, 15) is 8.42 Å². The molecule has 1 aliphatic rings. The third-order valence-corrected chi connectivity index (χ3v) is 7.13. The number of benzene rings is 1. The molecule has 0 amide bonds. The first-order valence-corrected chi connectivity index (χ1v) is 10.9. The van der Waals surface area contributed by atoms with Crippen LogP contribution in [0.4, 0.5) is 0 Å². The summed E-state index contributed by atoms with van der Waals surface area (Å²) in [6.45, 7) is 9.93. The fraction of sp³-hybridized carbons (Fsp3) is 0.550. The molecule has 2 rings (SSSR count). The molecule has 0 spiro atoms. The number of halogens is 1. The molecule has 0 atom stereocenters. The Morgan fingerprint density at radius 3 is 2.41 bits per heavy atom. The average Bonchev–Trinajstić information content (AvgIpc) is 2.61. The Kier molecular flexibility index (Phi) is 9.27. The molecule has 1 aromatic carbocycles. The van der Waals surface area contributed by atoms with Crippen molar-refractivity contribution in [3.05, 3.63) is 42.0 Å². The highest BCUT2D eigenvalue weighted by Crippen LogP contribution is 2.22. The van der Waals surface area contributed by atoms with Crippen molar-refractivity contribution in [3.8, 4) is 0 Å². The molecule has 0 fully saturated rings. The van der Waals surface area contributed by atoms with E-state index in [0.29, 0.717) is 0 Å². The van der Waals surface area contributed by atoms with Gasteiger partial charge in [-0.2, -0.15) is 0 Å². The van der Waals surface area contributed by atoms with Gasteiger partial charge in [-0.05, 0) is 45.3 Å². The lowest BCUT2D eigenvalue weighted by Gasteiger charge is -2.30. The molecule has 1 heterocycles. The summed E-state index contributed by atoms with van der Waals surface area (Å²) in [5.74, 6) is 0.865. The topological polar surface area (TPSA) is 61.8 Å². The van der Waals surface area contributed by atoms with E-state index in [2.05, 4.69) is 45.6 Å². The van der Waals surface area contributed by atoms with Crippen molar-refractivity contribution in [1.82, 2.24) is 10.2 Å². The van der Waals surface area contributed by atoms with Crippen LogP contribution in [-0.4, -0.2) is 56.0 Å². The lowest BCUT2D eigenvalue weighted by molar-refractivity contribution is 0.440. The quantitative estimate of drug-likeness (QED) is 0.378. The van der Waals surface area contributed by atoms with Crippen LogP contribution in [0.15, 0.2) is 41.4 Å². The zero-order valence-electron chi connectivity index (χ0n) is 16.7. The van der Waals surface area contributed by atoms with E-state index in [-0.39, 0.29) is 36.3 Å². The minimum absolute atomic E-state index is 0. The minimum Gasteiger partial charge on any atom is -0.357 e. The van der Waals surface area contributed by atoms with E-state index in [0.717, 1.165) is 32.0 Å². The lowest BCUT2D eigenvalue weighted by atomic mass is 10.00. The van der Waals surface area contributed by atoms with Crippen molar-refractivity contribution < 1.29 is 8.42 Å². The molecule has 0 saturated carbocycles. The highest BCUT2D eigenvalue weighted by molar-refractivity contribution is 14.0. The van der Waals surface area contributed by atoms with Gasteiger partial charge in [-0.3, -0.25) is 4.99 Å². The Balaban J connectivity index is 0.00000364. The highest BCUT2D eigenvalue weighted by Gasteiger charge is 2.28. The van der Waals surface area contributed by atoms with Crippen LogP contribution in [0.5, 0.6) is 0 Å². The third kappa shape index (κ3) is 6.78. The largest absolute Gasteiger partial charge is 0.357 e. The van der Waals surface area contributed by atoms with Gasteiger partial charge >= 0.3 is 0 Å². The third-order valence-electron chi connectivity index (χ3n) is 4.54. The van der Waals surface area contributed by atoms with Gasteiger partial charge in [0.25, 0.3) is 0 Å². The van der Waals surface area contributed by atoms with Crippen LogP contribution in [0.3, 0.4) is 0 Å². The van der Waals surface area contributed by atoms with Gasteiger partial charge in [-0.15, -0.1) is 24.0 Å². The molecule has 7 heteroatoms. The number of hydrogen-bond acceptors (Lipinski definition) is 3. The Morgan fingerprint density at radius 1 is 1.22 bits per heavy atom. The fourth-order valence-electron chi connectivity index (χ4n) is 2.78. The van der Waals surface area contributed by atoms with Gasteiger partial charge in [0.2, 0.25) is 0 Å². The summed E-state index contributed by atoms with van der Waals surface area (Å²) in [6, 6.07) is 10.4. The second kappa shape index (κ2) is 10.5. The van der Waals surface area contributed by atoms with E-state index < -0.39 is 14.6 Å². The molecular weight excluding hydrogens is 473 g/mol. The molecule has 0 aliphatic carbocycles. The molecule has 0 aromatic heterocycles. The van der Waals surface area contributed by atoms with Crippen LogP contribution in [-0.2, 0) is 9.84 Å². The van der Waals surface area contributed by atoms with E-state index in [1.54, 1.807) is 20.8 Å². The highest BCUT2D eigenvalue weighted by atomic mass is 127. The summed E-state index contributed by atoms with van der Waals surface area (Å²) >= 11 is 0. The lowest BCUT2D eigenvalue weighted by Crippen LogP contribution is -2.44. The summed E-state index contributed by atoms with van der Waals surface area (Å²) in [6.07, 6.45) is 3.19. The number of rotatable bonds is 5. The van der Waals surface area contributed by atoms with Crippen LogP contribution < -0.4 is 5.32 Å². The zero-order chi connectivity index (χ0) is 19.2. The molecule has 1 aliphatic heterocycles. The van der Waals surface area contributed by atoms with E-state index in [1.165, 1.54) is 11.1 Å². The first-order chi connectivity index (χ1) is 12.2. The maximum Gasteiger partial charge on any atom is 0.194 e. The minimum atomic E-state index is -3.15. The Hall–Kier alpha value is -1.09. The summed E-state index contributed by atoms with van der Waals surface area (Å²) in [7, 11) is -3.15. The van der Waals surface area contributed by atoms with Gasteiger partial charge in [0.1, 0.15) is 0 Å². The number of hydrogen-bond donors (Lipinski definition) is 1. The zero-order valence-corrected chi connectivity index (χ0v) is 19.9. The average molecular weight is 505 g/mol. The number of aliphatic imine (C=N–C) groups is 1. The van der Waals surface area contributed by atoms with Gasteiger partial charge in [0, 0.05) is 19.6 Å². The first kappa shape index (κ1) is 23.9. The van der Waals surface area contributed by atoms with Crippen LogP contribution in [0.25, 0.3) is 5.57 Å². The number of guanidine groups is 1. The molecule has 1 N–H and O–H groups in total. The fourth-order valence-corrected chi connectivity index (χ4v) is 3.72. The van der Waals surface area contributed by atoms with E-state index >= 15 is 0 Å². The molecule has 5 nitrogen and oxygen atoms in total. The van der Waals surface area contributed by atoms with Crippen molar-refractivity contribution in [2.24, 2.45) is 4.99 Å². The molecule has 152 valence electrons. The molecule has 0 unspecified atom stereocenters. The van der Waals surface area contributed by atoms with E-state index in [4.69, 9.17) is 0 Å². The Bertz CT molecular complexity index is 753. The molecule has 1 aromatic rings. The summed E-state index contributed by atoms with van der Waals surface area (Å²) < 4.78 is 23.8. The van der Waals surface area contributed by atoms with Gasteiger partial charge in [-0.25, -0.2) is 8.42 Å². The van der Waals surface area contributed by atoms with Crippen molar-refractivity contribution in [2.45, 2.75) is 38.9 Å².